The van der Waals surface area contributed by atoms with Crippen molar-refractivity contribution < 1.29 is 13.2 Å². The van der Waals surface area contributed by atoms with Gasteiger partial charge >= 0.3 is 0 Å². The summed E-state index contributed by atoms with van der Waals surface area (Å²) in [4.78, 5) is 16.9. The van der Waals surface area contributed by atoms with Crippen LogP contribution in [-0.2, 0) is 14.6 Å². The van der Waals surface area contributed by atoms with E-state index < -0.39 is 9.84 Å². The van der Waals surface area contributed by atoms with E-state index in [0.29, 0.717) is 6.54 Å². The summed E-state index contributed by atoms with van der Waals surface area (Å²) in [6.07, 6.45) is 7.21. The predicted octanol–water partition coefficient (Wildman–Crippen LogP) is 1.81. The topological polar surface area (TPSA) is 57.7 Å². The molecule has 2 saturated heterocycles. The minimum Gasteiger partial charge on any atom is -0.336 e. The number of nitrogens with zero attached hydrogens (tertiary/aromatic N) is 2. The quantitative estimate of drug-likeness (QED) is 0.807. The smallest absolute Gasteiger partial charge is 0.226 e. The van der Waals surface area contributed by atoms with E-state index in [4.69, 9.17) is 0 Å². The fourth-order valence-electron chi connectivity index (χ4n) is 4.30. The first-order chi connectivity index (χ1) is 12.5. The Balaban J connectivity index is 1.46. The third-order valence-electron chi connectivity index (χ3n) is 5.98. The molecule has 4 rings (SSSR count). The number of fused-ring (bicyclic) bond motifs is 1. The lowest BCUT2D eigenvalue weighted by molar-refractivity contribution is -0.143. The SMILES string of the molecule is O=C(C1CCC1)N1CCN(CC=Cc2ccccc2)[C@H]2CS(=O)(=O)C[C@H]21. The number of rotatable bonds is 4. The van der Waals surface area contributed by atoms with Gasteiger partial charge in [0.05, 0.1) is 17.5 Å². The molecular formula is C20H26N2O3S. The van der Waals surface area contributed by atoms with Crippen molar-refractivity contribution >= 4 is 21.8 Å². The summed E-state index contributed by atoms with van der Waals surface area (Å²) in [7, 11) is -3.08. The number of benzene rings is 1. The molecule has 2 heterocycles. The molecule has 0 N–H and O–H groups in total. The van der Waals surface area contributed by atoms with Crippen molar-refractivity contribution in [3.63, 3.8) is 0 Å². The molecule has 0 spiro atoms. The molecule has 0 unspecified atom stereocenters. The maximum absolute atomic E-state index is 12.7. The Morgan fingerprint density at radius 3 is 2.50 bits per heavy atom. The van der Waals surface area contributed by atoms with Crippen LogP contribution < -0.4 is 0 Å². The normalized spacial score (nSPS) is 28.8. The van der Waals surface area contributed by atoms with Crippen molar-refractivity contribution in [2.45, 2.75) is 31.3 Å². The van der Waals surface area contributed by atoms with E-state index in [1.807, 2.05) is 23.1 Å². The number of piperazine rings is 1. The molecule has 140 valence electrons. The van der Waals surface area contributed by atoms with E-state index in [-0.39, 0.29) is 35.4 Å². The minimum absolute atomic E-state index is 0.0711. The van der Waals surface area contributed by atoms with Crippen LogP contribution in [0.3, 0.4) is 0 Å². The molecule has 6 heteroatoms. The third-order valence-corrected chi connectivity index (χ3v) is 7.68. The van der Waals surface area contributed by atoms with Gasteiger partial charge in [-0.05, 0) is 18.4 Å². The third kappa shape index (κ3) is 3.58. The molecule has 26 heavy (non-hydrogen) atoms. The number of sulfone groups is 1. The van der Waals surface area contributed by atoms with E-state index in [1.165, 1.54) is 0 Å². The van der Waals surface area contributed by atoms with Gasteiger partial charge in [0.25, 0.3) is 0 Å². The molecule has 3 fully saturated rings. The Bertz CT molecular complexity index is 787. The minimum atomic E-state index is -3.08. The Labute approximate surface area is 155 Å². The zero-order valence-corrected chi connectivity index (χ0v) is 15.8. The molecule has 1 saturated carbocycles. The molecule has 0 radical (unpaired) electrons. The number of hydrogen-bond acceptors (Lipinski definition) is 4. The fourth-order valence-corrected chi connectivity index (χ4v) is 6.31. The molecule has 1 amide bonds. The summed E-state index contributed by atoms with van der Waals surface area (Å²) in [5, 5.41) is 0. The van der Waals surface area contributed by atoms with Crippen LogP contribution in [0.4, 0.5) is 0 Å². The van der Waals surface area contributed by atoms with Gasteiger partial charge in [0.2, 0.25) is 5.91 Å². The first-order valence-electron chi connectivity index (χ1n) is 9.50. The van der Waals surface area contributed by atoms with E-state index in [9.17, 15) is 13.2 Å². The Hall–Kier alpha value is -1.66. The van der Waals surface area contributed by atoms with Crippen LogP contribution in [0.2, 0.25) is 0 Å². The van der Waals surface area contributed by atoms with Crippen LogP contribution in [0.15, 0.2) is 36.4 Å². The standard InChI is InChI=1S/C20H26N2O3S/c23-20(17-9-4-10-17)22-13-12-21(18-14-26(24,25)15-19(18)22)11-5-8-16-6-2-1-3-7-16/h1-3,5-8,17-19H,4,9-15H2/t18-,19+/m0/s1. The van der Waals surface area contributed by atoms with Crippen LogP contribution in [-0.4, -0.2) is 67.3 Å². The van der Waals surface area contributed by atoms with Crippen molar-refractivity contribution in [3.05, 3.63) is 42.0 Å². The van der Waals surface area contributed by atoms with Crippen molar-refractivity contribution in [3.8, 4) is 0 Å². The Morgan fingerprint density at radius 1 is 1.08 bits per heavy atom. The first-order valence-corrected chi connectivity index (χ1v) is 11.3. The highest BCUT2D eigenvalue weighted by atomic mass is 32.2. The van der Waals surface area contributed by atoms with E-state index >= 15 is 0 Å². The summed E-state index contributed by atoms with van der Waals surface area (Å²) in [5.41, 5.74) is 1.14. The summed E-state index contributed by atoms with van der Waals surface area (Å²) < 4.78 is 24.6. The highest BCUT2D eigenvalue weighted by molar-refractivity contribution is 7.91. The number of hydrogen-bond donors (Lipinski definition) is 0. The lowest BCUT2D eigenvalue weighted by atomic mass is 9.83. The second-order valence-electron chi connectivity index (χ2n) is 7.68. The fraction of sp³-hybridized carbons (Fsp3) is 0.550. The van der Waals surface area contributed by atoms with Gasteiger partial charge in [0, 0.05) is 31.6 Å². The van der Waals surface area contributed by atoms with E-state index in [2.05, 4.69) is 29.2 Å². The molecule has 1 aromatic carbocycles. The average Bonchev–Trinajstić information content (AvgIpc) is 2.89. The Kier molecular flexibility index (Phi) is 4.88. The molecule has 2 aliphatic heterocycles. The number of carbonyl (C=O) groups excluding carboxylic acids is 1. The maximum atomic E-state index is 12.7. The highest BCUT2D eigenvalue weighted by Gasteiger charge is 2.48. The van der Waals surface area contributed by atoms with E-state index in [0.717, 1.165) is 37.9 Å². The molecule has 1 aliphatic carbocycles. The van der Waals surface area contributed by atoms with Gasteiger partial charge in [-0.1, -0.05) is 48.9 Å². The van der Waals surface area contributed by atoms with Gasteiger partial charge in [-0.2, -0.15) is 0 Å². The largest absolute Gasteiger partial charge is 0.336 e. The van der Waals surface area contributed by atoms with Gasteiger partial charge in [-0.3, -0.25) is 9.69 Å². The predicted molar refractivity (Wildman–Crippen MR) is 102 cm³/mol. The van der Waals surface area contributed by atoms with Gasteiger partial charge in [0.15, 0.2) is 9.84 Å². The highest BCUT2D eigenvalue weighted by Crippen LogP contribution is 2.33. The lowest BCUT2D eigenvalue weighted by Crippen LogP contribution is -2.61. The lowest BCUT2D eigenvalue weighted by Gasteiger charge is -2.45. The van der Waals surface area contributed by atoms with Gasteiger partial charge in [0.1, 0.15) is 0 Å². The van der Waals surface area contributed by atoms with Crippen molar-refractivity contribution in [1.29, 1.82) is 0 Å². The molecule has 1 aromatic rings. The monoisotopic (exact) mass is 374 g/mol. The van der Waals surface area contributed by atoms with Crippen LogP contribution in [0.5, 0.6) is 0 Å². The number of amides is 1. The van der Waals surface area contributed by atoms with Gasteiger partial charge in [-0.15, -0.1) is 0 Å². The summed E-state index contributed by atoms with van der Waals surface area (Å²) >= 11 is 0. The van der Waals surface area contributed by atoms with E-state index in [1.54, 1.807) is 0 Å². The van der Waals surface area contributed by atoms with Crippen LogP contribution >= 0.6 is 0 Å². The molecule has 5 nitrogen and oxygen atoms in total. The zero-order valence-electron chi connectivity index (χ0n) is 15.0. The Morgan fingerprint density at radius 2 is 1.81 bits per heavy atom. The summed E-state index contributed by atoms with van der Waals surface area (Å²) in [6.45, 7) is 2.11. The average molecular weight is 375 g/mol. The van der Waals surface area contributed by atoms with Crippen LogP contribution in [0, 0.1) is 5.92 Å². The second-order valence-corrected chi connectivity index (χ2v) is 9.83. The summed E-state index contributed by atoms with van der Waals surface area (Å²) in [5.74, 6) is 0.603. The molecule has 0 aromatic heterocycles. The molecule has 3 aliphatic rings. The van der Waals surface area contributed by atoms with Crippen molar-refractivity contribution in [2.75, 3.05) is 31.1 Å². The molecule has 0 bridgehead atoms. The zero-order chi connectivity index (χ0) is 18.1. The van der Waals surface area contributed by atoms with Gasteiger partial charge < -0.3 is 4.90 Å². The first kappa shape index (κ1) is 17.7. The maximum Gasteiger partial charge on any atom is 0.226 e. The number of carbonyl (C=O) groups is 1. The van der Waals surface area contributed by atoms with Crippen molar-refractivity contribution in [1.82, 2.24) is 9.80 Å². The van der Waals surface area contributed by atoms with Gasteiger partial charge in [-0.25, -0.2) is 8.42 Å². The molecule has 2 atom stereocenters. The van der Waals surface area contributed by atoms with Crippen LogP contribution in [0.1, 0.15) is 24.8 Å². The molecular weight excluding hydrogens is 348 g/mol. The van der Waals surface area contributed by atoms with Crippen LogP contribution in [0.25, 0.3) is 6.08 Å². The van der Waals surface area contributed by atoms with Crippen molar-refractivity contribution in [2.24, 2.45) is 5.92 Å². The second kappa shape index (κ2) is 7.16. The summed E-state index contributed by atoms with van der Waals surface area (Å²) in [6, 6.07) is 9.85.